The fourth-order valence-electron chi connectivity index (χ4n) is 2.09. The molecule has 0 saturated heterocycles. The van der Waals surface area contributed by atoms with Gasteiger partial charge in [0.15, 0.2) is 0 Å². The number of aliphatic hydroxyl groups is 1. The molecule has 0 bridgehead atoms. The fourth-order valence-corrected chi connectivity index (χ4v) is 2.09. The van der Waals surface area contributed by atoms with E-state index in [1.165, 1.54) is 0 Å². The lowest BCUT2D eigenvalue weighted by atomic mass is 10.0. The van der Waals surface area contributed by atoms with E-state index in [1.54, 1.807) is 12.4 Å². The molecule has 0 radical (unpaired) electrons. The number of hydrogen-bond acceptors (Lipinski definition) is 4. The number of aromatic nitrogens is 2. The van der Waals surface area contributed by atoms with Crippen molar-refractivity contribution in [3.05, 3.63) is 53.1 Å². The van der Waals surface area contributed by atoms with Crippen LogP contribution in [0, 0.1) is 13.8 Å². The SMILES string of the molecule is Cc1ccc(C(O)c2cncc(OC(C)C)c2)c(C)n1. The van der Waals surface area contributed by atoms with E-state index in [2.05, 4.69) is 9.97 Å². The van der Waals surface area contributed by atoms with Crippen LogP contribution < -0.4 is 4.74 Å². The molecular weight excluding hydrogens is 252 g/mol. The third-order valence-corrected chi connectivity index (χ3v) is 2.98. The molecule has 0 spiro atoms. The van der Waals surface area contributed by atoms with Gasteiger partial charge in [-0.15, -0.1) is 0 Å². The van der Waals surface area contributed by atoms with Crippen molar-refractivity contribution in [1.82, 2.24) is 9.97 Å². The minimum absolute atomic E-state index is 0.0759. The smallest absolute Gasteiger partial charge is 0.138 e. The van der Waals surface area contributed by atoms with Gasteiger partial charge in [-0.1, -0.05) is 6.07 Å². The van der Waals surface area contributed by atoms with Gasteiger partial charge in [0.25, 0.3) is 0 Å². The molecule has 1 unspecified atom stereocenters. The van der Waals surface area contributed by atoms with Gasteiger partial charge in [0.1, 0.15) is 11.9 Å². The molecule has 2 rings (SSSR count). The molecule has 2 aromatic heterocycles. The van der Waals surface area contributed by atoms with Crippen LogP contribution in [0.25, 0.3) is 0 Å². The molecule has 0 aliphatic rings. The van der Waals surface area contributed by atoms with Crippen LogP contribution in [0.4, 0.5) is 0 Å². The Bertz CT molecular complexity index is 597. The van der Waals surface area contributed by atoms with Crippen molar-refractivity contribution in [3.63, 3.8) is 0 Å². The first-order chi connectivity index (χ1) is 9.47. The minimum Gasteiger partial charge on any atom is -0.489 e. The van der Waals surface area contributed by atoms with E-state index in [-0.39, 0.29) is 6.10 Å². The fraction of sp³-hybridized carbons (Fsp3) is 0.375. The van der Waals surface area contributed by atoms with Crippen molar-refractivity contribution in [1.29, 1.82) is 0 Å². The lowest BCUT2D eigenvalue weighted by molar-refractivity contribution is 0.214. The summed E-state index contributed by atoms with van der Waals surface area (Å²) in [7, 11) is 0. The highest BCUT2D eigenvalue weighted by Gasteiger charge is 2.15. The van der Waals surface area contributed by atoms with Crippen LogP contribution in [0.3, 0.4) is 0 Å². The van der Waals surface area contributed by atoms with E-state index in [9.17, 15) is 5.11 Å². The quantitative estimate of drug-likeness (QED) is 0.929. The number of nitrogens with zero attached hydrogens (tertiary/aromatic N) is 2. The number of aryl methyl sites for hydroxylation is 2. The maximum absolute atomic E-state index is 10.5. The zero-order chi connectivity index (χ0) is 14.7. The Balaban J connectivity index is 2.30. The van der Waals surface area contributed by atoms with Gasteiger partial charge < -0.3 is 9.84 Å². The molecule has 4 heteroatoms. The average Bonchev–Trinajstić information content (AvgIpc) is 2.37. The highest BCUT2D eigenvalue weighted by molar-refractivity contribution is 5.34. The lowest BCUT2D eigenvalue weighted by Crippen LogP contribution is -2.08. The molecule has 0 amide bonds. The maximum atomic E-state index is 10.5. The van der Waals surface area contributed by atoms with Crippen LogP contribution in [-0.2, 0) is 0 Å². The first kappa shape index (κ1) is 14.5. The number of pyridine rings is 2. The molecule has 0 aliphatic carbocycles. The predicted octanol–water partition coefficient (Wildman–Crippen LogP) is 2.96. The summed E-state index contributed by atoms with van der Waals surface area (Å²) in [5.41, 5.74) is 3.26. The summed E-state index contributed by atoms with van der Waals surface area (Å²) in [5, 5.41) is 10.5. The number of hydrogen-bond donors (Lipinski definition) is 1. The monoisotopic (exact) mass is 272 g/mol. The van der Waals surface area contributed by atoms with Crippen molar-refractivity contribution < 1.29 is 9.84 Å². The van der Waals surface area contributed by atoms with Crippen LogP contribution in [0.15, 0.2) is 30.6 Å². The zero-order valence-corrected chi connectivity index (χ0v) is 12.3. The molecule has 20 heavy (non-hydrogen) atoms. The average molecular weight is 272 g/mol. The molecule has 0 aliphatic heterocycles. The van der Waals surface area contributed by atoms with Crippen LogP contribution in [-0.4, -0.2) is 21.2 Å². The van der Waals surface area contributed by atoms with E-state index in [0.29, 0.717) is 11.3 Å². The highest BCUT2D eigenvalue weighted by Crippen LogP contribution is 2.26. The standard InChI is InChI=1S/C16H20N2O2/c1-10(2)20-14-7-13(8-17-9-14)16(19)15-6-5-11(3)18-12(15)4/h5-10,16,19H,1-4H3. The van der Waals surface area contributed by atoms with E-state index in [0.717, 1.165) is 17.0 Å². The van der Waals surface area contributed by atoms with Crippen molar-refractivity contribution in [2.24, 2.45) is 0 Å². The van der Waals surface area contributed by atoms with E-state index >= 15 is 0 Å². The maximum Gasteiger partial charge on any atom is 0.138 e. The number of ether oxygens (including phenoxy) is 1. The normalized spacial score (nSPS) is 12.5. The summed E-state index contributed by atoms with van der Waals surface area (Å²) in [6, 6.07) is 5.61. The molecule has 0 aromatic carbocycles. The molecule has 106 valence electrons. The van der Waals surface area contributed by atoms with Crippen molar-refractivity contribution >= 4 is 0 Å². The third-order valence-electron chi connectivity index (χ3n) is 2.98. The van der Waals surface area contributed by atoms with Crippen LogP contribution in [0.5, 0.6) is 5.75 Å². The first-order valence-corrected chi connectivity index (χ1v) is 6.71. The Morgan fingerprint density at radius 2 is 1.90 bits per heavy atom. The molecule has 2 heterocycles. The minimum atomic E-state index is -0.744. The topological polar surface area (TPSA) is 55.2 Å². The Kier molecular flexibility index (Phi) is 4.35. The largest absolute Gasteiger partial charge is 0.489 e. The molecule has 2 aromatic rings. The van der Waals surface area contributed by atoms with Gasteiger partial charge in [-0.25, -0.2) is 0 Å². The molecule has 1 N–H and O–H groups in total. The van der Waals surface area contributed by atoms with E-state index in [1.807, 2.05) is 45.9 Å². The predicted molar refractivity (Wildman–Crippen MR) is 77.8 cm³/mol. The Labute approximate surface area is 119 Å². The van der Waals surface area contributed by atoms with E-state index < -0.39 is 6.10 Å². The summed E-state index contributed by atoms with van der Waals surface area (Å²) >= 11 is 0. The summed E-state index contributed by atoms with van der Waals surface area (Å²) in [6.45, 7) is 7.74. The van der Waals surface area contributed by atoms with E-state index in [4.69, 9.17) is 4.74 Å². The molecule has 4 nitrogen and oxygen atoms in total. The van der Waals surface area contributed by atoms with Crippen molar-refractivity contribution in [3.8, 4) is 5.75 Å². The molecule has 0 fully saturated rings. The van der Waals surface area contributed by atoms with Gasteiger partial charge in [0.2, 0.25) is 0 Å². The van der Waals surface area contributed by atoms with Crippen molar-refractivity contribution in [2.45, 2.75) is 39.9 Å². The van der Waals surface area contributed by atoms with Crippen molar-refractivity contribution in [2.75, 3.05) is 0 Å². The first-order valence-electron chi connectivity index (χ1n) is 6.71. The zero-order valence-electron chi connectivity index (χ0n) is 12.3. The summed E-state index contributed by atoms with van der Waals surface area (Å²) in [4.78, 5) is 8.51. The second kappa shape index (κ2) is 6.01. The second-order valence-electron chi connectivity index (χ2n) is 5.15. The van der Waals surface area contributed by atoms with Crippen LogP contribution in [0.2, 0.25) is 0 Å². The van der Waals surface area contributed by atoms with Gasteiger partial charge in [-0.2, -0.15) is 0 Å². The Morgan fingerprint density at radius 1 is 1.15 bits per heavy atom. The Hall–Kier alpha value is -1.94. The number of rotatable bonds is 4. The second-order valence-corrected chi connectivity index (χ2v) is 5.15. The third kappa shape index (κ3) is 3.33. The van der Waals surface area contributed by atoms with Gasteiger partial charge in [-0.05, 0) is 39.8 Å². The summed E-state index contributed by atoms with van der Waals surface area (Å²) in [5.74, 6) is 0.661. The van der Waals surface area contributed by atoms with Crippen LogP contribution in [0.1, 0.15) is 42.5 Å². The molecule has 1 atom stereocenters. The van der Waals surface area contributed by atoms with Crippen LogP contribution >= 0.6 is 0 Å². The van der Waals surface area contributed by atoms with Gasteiger partial charge >= 0.3 is 0 Å². The Morgan fingerprint density at radius 3 is 2.55 bits per heavy atom. The number of aliphatic hydroxyl groups excluding tert-OH is 1. The molecular formula is C16H20N2O2. The van der Waals surface area contributed by atoms with Gasteiger partial charge in [0.05, 0.1) is 12.3 Å². The van der Waals surface area contributed by atoms with Gasteiger partial charge in [-0.3, -0.25) is 9.97 Å². The van der Waals surface area contributed by atoms with Gasteiger partial charge in [0, 0.05) is 28.7 Å². The molecule has 0 saturated carbocycles. The highest BCUT2D eigenvalue weighted by atomic mass is 16.5. The summed E-state index contributed by atoms with van der Waals surface area (Å²) in [6.07, 6.45) is 2.63. The summed E-state index contributed by atoms with van der Waals surface area (Å²) < 4.78 is 5.60. The lowest BCUT2D eigenvalue weighted by Gasteiger charge is -2.15.